The van der Waals surface area contributed by atoms with Gasteiger partial charge in [-0.1, -0.05) is 12.5 Å². The van der Waals surface area contributed by atoms with Gasteiger partial charge in [-0.25, -0.2) is 8.42 Å². The minimum absolute atomic E-state index is 0.102. The molecule has 1 N–H and O–H groups in total. The molecule has 9 nitrogen and oxygen atoms in total. The molecule has 0 bridgehead atoms. The van der Waals surface area contributed by atoms with Gasteiger partial charge in [0.1, 0.15) is 5.82 Å². The molecular formula is C24H27N5O4S. The molecule has 0 spiro atoms. The van der Waals surface area contributed by atoms with Crippen LogP contribution in [-0.4, -0.2) is 59.7 Å². The van der Waals surface area contributed by atoms with Crippen molar-refractivity contribution in [1.29, 1.82) is 0 Å². The number of fused-ring (bicyclic) bond motifs is 1. The summed E-state index contributed by atoms with van der Waals surface area (Å²) < 4.78 is 34.7. The molecule has 0 saturated carbocycles. The Hall–Kier alpha value is -3.08. The van der Waals surface area contributed by atoms with Crippen LogP contribution in [0.5, 0.6) is 0 Å². The number of aromatic nitrogens is 3. The van der Waals surface area contributed by atoms with Crippen molar-refractivity contribution in [2.24, 2.45) is 0 Å². The summed E-state index contributed by atoms with van der Waals surface area (Å²) in [6.45, 7) is 2.26. The highest BCUT2D eigenvalue weighted by molar-refractivity contribution is 7.89. The van der Waals surface area contributed by atoms with Crippen LogP contribution in [0, 0.1) is 0 Å². The van der Waals surface area contributed by atoms with Gasteiger partial charge in [-0.15, -0.1) is 10.2 Å². The van der Waals surface area contributed by atoms with E-state index in [9.17, 15) is 13.2 Å². The van der Waals surface area contributed by atoms with Crippen LogP contribution in [-0.2, 0) is 27.7 Å². The molecule has 1 aromatic heterocycles. The third-order valence-corrected chi connectivity index (χ3v) is 8.11. The number of anilines is 1. The Labute approximate surface area is 198 Å². The summed E-state index contributed by atoms with van der Waals surface area (Å²) in [5, 5.41) is 11.6. The molecule has 1 amide bonds. The second-order valence-electron chi connectivity index (χ2n) is 8.48. The van der Waals surface area contributed by atoms with E-state index >= 15 is 0 Å². The number of hydrogen-bond acceptors (Lipinski definition) is 6. The first-order valence-corrected chi connectivity index (χ1v) is 13.0. The van der Waals surface area contributed by atoms with Crippen LogP contribution in [0.4, 0.5) is 5.69 Å². The summed E-state index contributed by atoms with van der Waals surface area (Å²) in [5.41, 5.74) is 1.84. The van der Waals surface area contributed by atoms with Crippen molar-refractivity contribution in [2.75, 3.05) is 31.6 Å². The summed E-state index contributed by atoms with van der Waals surface area (Å²) in [6, 6.07) is 13.6. The summed E-state index contributed by atoms with van der Waals surface area (Å²) in [5.74, 6) is 1.50. The van der Waals surface area contributed by atoms with Crippen LogP contribution in [0.25, 0.3) is 11.4 Å². The summed E-state index contributed by atoms with van der Waals surface area (Å²) in [4.78, 5) is 12.9. The highest BCUT2D eigenvalue weighted by atomic mass is 32.2. The molecule has 0 aliphatic carbocycles. The topological polar surface area (TPSA) is 106 Å². The zero-order chi connectivity index (χ0) is 23.5. The predicted octanol–water partition coefficient (Wildman–Crippen LogP) is 2.94. The van der Waals surface area contributed by atoms with Crippen LogP contribution in [0.2, 0.25) is 0 Å². The number of rotatable bonds is 5. The number of ether oxygens (including phenoxy) is 1. The highest BCUT2D eigenvalue weighted by Gasteiger charge is 2.27. The number of hydrogen-bond donors (Lipinski definition) is 1. The Kier molecular flexibility index (Phi) is 6.44. The maximum absolute atomic E-state index is 12.9. The standard InChI is InChI=1S/C24H27N5O4S/c30-24(19-5-4-6-21(17-19)34(31,32)28-13-15-33-16-14-28)25-20-10-8-18(9-11-20)23-27-26-22-7-2-1-3-12-29(22)23/h4-6,8-11,17H,1-3,7,12-16H2,(H,25,30). The van der Waals surface area contributed by atoms with Crippen LogP contribution in [0.3, 0.4) is 0 Å². The number of morpholine rings is 1. The summed E-state index contributed by atoms with van der Waals surface area (Å²) in [6.07, 6.45) is 4.40. The molecule has 10 heteroatoms. The fourth-order valence-corrected chi connectivity index (χ4v) is 5.79. The number of nitrogens with zero attached hydrogens (tertiary/aromatic N) is 4. The number of amides is 1. The molecule has 2 aromatic carbocycles. The maximum atomic E-state index is 12.9. The van der Waals surface area contributed by atoms with Gasteiger partial charge in [-0.3, -0.25) is 4.79 Å². The van der Waals surface area contributed by atoms with Gasteiger partial charge < -0.3 is 14.6 Å². The smallest absolute Gasteiger partial charge is 0.255 e. The molecule has 3 heterocycles. The Morgan fingerprint density at radius 2 is 1.74 bits per heavy atom. The molecule has 1 fully saturated rings. The summed E-state index contributed by atoms with van der Waals surface area (Å²) in [7, 11) is -3.67. The normalized spacial score (nSPS) is 17.1. The zero-order valence-electron chi connectivity index (χ0n) is 18.8. The van der Waals surface area contributed by atoms with Gasteiger partial charge in [0.25, 0.3) is 5.91 Å². The number of nitrogens with one attached hydrogen (secondary N) is 1. The first kappa shape index (κ1) is 22.7. The van der Waals surface area contributed by atoms with E-state index in [1.165, 1.54) is 22.9 Å². The molecule has 34 heavy (non-hydrogen) atoms. The monoisotopic (exact) mass is 481 g/mol. The van der Waals surface area contributed by atoms with Crippen LogP contribution in [0.15, 0.2) is 53.4 Å². The second-order valence-corrected chi connectivity index (χ2v) is 10.4. The average Bonchev–Trinajstić information content (AvgIpc) is 3.13. The van der Waals surface area contributed by atoms with Gasteiger partial charge in [0.2, 0.25) is 10.0 Å². The van der Waals surface area contributed by atoms with E-state index in [4.69, 9.17) is 4.74 Å². The second kappa shape index (κ2) is 9.65. The Bertz CT molecular complexity index is 1280. The van der Waals surface area contributed by atoms with Gasteiger partial charge in [-0.05, 0) is 55.3 Å². The highest BCUT2D eigenvalue weighted by Crippen LogP contribution is 2.24. The largest absolute Gasteiger partial charge is 0.379 e. The minimum Gasteiger partial charge on any atom is -0.379 e. The van der Waals surface area contributed by atoms with Gasteiger partial charge in [0.05, 0.1) is 18.1 Å². The van der Waals surface area contributed by atoms with Crippen molar-refractivity contribution in [1.82, 2.24) is 19.1 Å². The van der Waals surface area contributed by atoms with E-state index in [1.807, 2.05) is 24.3 Å². The van der Waals surface area contributed by atoms with Crippen LogP contribution < -0.4 is 5.32 Å². The van der Waals surface area contributed by atoms with Gasteiger partial charge in [0, 0.05) is 42.9 Å². The van der Waals surface area contributed by atoms with Gasteiger partial charge in [0.15, 0.2) is 5.82 Å². The number of aryl methyl sites for hydroxylation is 1. The lowest BCUT2D eigenvalue weighted by Crippen LogP contribution is -2.40. The first-order valence-electron chi connectivity index (χ1n) is 11.5. The van der Waals surface area contributed by atoms with Crippen LogP contribution >= 0.6 is 0 Å². The molecule has 0 unspecified atom stereocenters. The molecule has 2 aliphatic heterocycles. The lowest BCUT2D eigenvalue weighted by Gasteiger charge is -2.26. The maximum Gasteiger partial charge on any atom is 0.255 e. The van der Waals surface area contributed by atoms with E-state index in [0.717, 1.165) is 43.0 Å². The van der Waals surface area contributed by atoms with Crippen molar-refractivity contribution in [2.45, 2.75) is 37.1 Å². The van der Waals surface area contributed by atoms with Crippen molar-refractivity contribution in [3.8, 4) is 11.4 Å². The fraction of sp³-hybridized carbons (Fsp3) is 0.375. The molecule has 0 radical (unpaired) electrons. The summed E-state index contributed by atoms with van der Waals surface area (Å²) >= 11 is 0. The molecule has 5 rings (SSSR count). The Morgan fingerprint density at radius 3 is 2.53 bits per heavy atom. The zero-order valence-corrected chi connectivity index (χ0v) is 19.6. The number of sulfonamides is 1. The van der Waals surface area contributed by atoms with Crippen LogP contribution in [0.1, 0.15) is 35.4 Å². The van der Waals surface area contributed by atoms with E-state index < -0.39 is 10.0 Å². The molecule has 0 atom stereocenters. The molecule has 1 saturated heterocycles. The van der Waals surface area contributed by atoms with Gasteiger partial charge in [-0.2, -0.15) is 4.31 Å². The average molecular weight is 482 g/mol. The number of carbonyl (C=O) groups excluding carboxylic acids is 1. The quantitative estimate of drug-likeness (QED) is 0.601. The molecular weight excluding hydrogens is 454 g/mol. The van der Waals surface area contributed by atoms with Crippen molar-refractivity contribution in [3.05, 3.63) is 59.9 Å². The Balaban J connectivity index is 1.31. The SMILES string of the molecule is O=C(Nc1ccc(-c2nnc3n2CCCCC3)cc1)c1cccc(S(=O)(=O)N2CCOCC2)c1. The lowest BCUT2D eigenvalue weighted by atomic mass is 10.1. The first-order chi connectivity index (χ1) is 16.5. The minimum atomic E-state index is -3.67. The van der Waals surface area contributed by atoms with E-state index in [0.29, 0.717) is 32.0 Å². The molecule has 2 aliphatic rings. The third kappa shape index (κ3) is 4.61. The third-order valence-electron chi connectivity index (χ3n) is 6.21. The lowest BCUT2D eigenvalue weighted by molar-refractivity contribution is 0.0730. The van der Waals surface area contributed by atoms with Crippen molar-refractivity contribution in [3.63, 3.8) is 0 Å². The number of carbonyl (C=O) groups is 1. The van der Waals surface area contributed by atoms with Gasteiger partial charge >= 0.3 is 0 Å². The van der Waals surface area contributed by atoms with E-state index in [1.54, 1.807) is 12.1 Å². The van der Waals surface area contributed by atoms with Crippen molar-refractivity contribution >= 4 is 21.6 Å². The Morgan fingerprint density at radius 1 is 0.941 bits per heavy atom. The predicted molar refractivity (Wildman–Crippen MR) is 127 cm³/mol. The number of benzene rings is 2. The molecule has 3 aromatic rings. The molecule has 178 valence electrons. The van der Waals surface area contributed by atoms with E-state index in [2.05, 4.69) is 20.1 Å². The van der Waals surface area contributed by atoms with E-state index in [-0.39, 0.29) is 16.4 Å². The fourth-order valence-electron chi connectivity index (χ4n) is 4.34. The van der Waals surface area contributed by atoms with Crippen molar-refractivity contribution < 1.29 is 17.9 Å².